The molecule has 0 spiro atoms. The molecule has 5 rings (SSSR count). The number of nitriles is 1. The van der Waals surface area contributed by atoms with E-state index in [1.165, 1.54) is 18.2 Å². The van der Waals surface area contributed by atoms with Crippen molar-refractivity contribution < 1.29 is 13.0 Å². The minimum atomic E-state index is -0.846. The number of halogens is 2. The number of hydrogen-bond donors (Lipinski definition) is 2. The van der Waals surface area contributed by atoms with Crippen molar-refractivity contribution in [1.29, 1.82) is 5.26 Å². The highest BCUT2D eigenvalue weighted by atomic mass is 32.2. The molecule has 0 bridgehead atoms. The molecular formula is C27H30F2N6OS. The van der Waals surface area contributed by atoms with Gasteiger partial charge in [0, 0.05) is 59.6 Å². The number of benzene rings is 2. The number of nitrogens with one attached hydrogen (secondary N) is 2. The van der Waals surface area contributed by atoms with Crippen LogP contribution in [0.4, 0.5) is 20.3 Å². The number of hydrogen-bond acceptors (Lipinski definition) is 6. The molecule has 2 aliphatic heterocycles. The minimum absolute atomic E-state index is 0.0343. The molecule has 0 aliphatic carbocycles. The lowest BCUT2D eigenvalue weighted by Gasteiger charge is -2.28. The third-order valence-electron chi connectivity index (χ3n) is 7.06. The zero-order valence-corrected chi connectivity index (χ0v) is 21.4. The van der Waals surface area contributed by atoms with Crippen molar-refractivity contribution in [1.82, 2.24) is 15.1 Å². The Balaban J connectivity index is 1.46. The van der Waals surface area contributed by atoms with Gasteiger partial charge in [0.15, 0.2) is 0 Å². The third-order valence-corrected chi connectivity index (χ3v) is 8.33. The number of anilines is 2. The van der Waals surface area contributed by atoms with E-state index in [-0.39, 0.29) is 5.56 Å². The minimum Gasteiger partial charge on any atom is -0.368 e. The first-order valence-electron chi connectivity index (χ1n) is 12.7. The van der Waals surface area contributed by atoms with Crippen LogP contribution in [0.1, 0.15) is 24.8 Å². The Morgan fingerprint density at radius 2 is 1.92 bits per heavy atom. The van der Waals surface area contributed by atoms with Crippen LogP contribution in [-0.4, -0.2) is 58.2 Å². The summed E-state index contributed by atoms with van der Waals surface area (Å²) in [5.41, 5.74) is 2.08. The molecule has 3 aromatic rings. The standard InChI is InChI=1S/C27H30F2N6OS/c28-23-14-20(3-4-21(23)17-30)26-16-27(32-18-19-2-1-8-31-9-7-19)33-35(26)22-5-6-25(24(29)15-22)34-10-12-37(36)13-11-34/h3-6,14-16,19,31H,1-2,7-13,18H2,(H,32,33). The largest absolute Gasteiger partial charge is 0.368 e. The maximum atomic E-state index is 15.3. The summed E-state index contributed by atoms with van der Waals surface area (Å²) in [6, 6.07) is 13.0. The van der Waals surface area contributed by atoms with E-state index in [0.29, 0.717) is 59.0 Å². The number of aromatic nitrogens is 2. The fourth-order valence-electron chi connectivity index (χ4n) is 4.94. The van der Waals surface area contributed by atoms with Gasteiger partial charge in [-0.2, -0.15) is 5.26 Å². The number of nitrogens with zero attached hydrogens (tertiary/aromatic N) is 4. The molecule has 0 radical (unpaired) electrons. The molecule has 1 atom stereocenters. The summed E-state index contributed by atoms with van der Waals surface area (Å²) in [7, 11) is -0.846. The second-order valence-electron chi connectivity index (χ2n) is 9.53. The Bertz CT molecular complexity index is 1320. The van der Waals surface area contributed by atoms with Gasteiger partial charge in [-0.3, -0.25) is 4.21 Å². The summed E-state index contributed by atoms with van der Waals surface area (Å²) in [6.07, 6.45) is 3.35. The molecule has 10 heteroatoms. The van der Waals surface area contributed by atoms with E-state index >= 15 is 4.39 Å². The van der Waals surface area contributed by atoms with Crippen LogP contribution in [0.3, 0.4) is 0 Å². The zero-order valence-electron chi connectivity index (χ0n) is 20.6. The van der Waals surface area contributed by atoms with E-state index in [1.807, 2.05) is 17.0 Å². The van der Waals surface area contributed by atoms with Crippen LogP contribution in [-0.2, 0) is 10.8 Å². The van der Waals surface area contributed by atoms with E-state index in [9.17, 15) is 8.60 Å². The van der Waals surface area contributed by atoms with Crippen molar-refractivity contribution in [2.45, 2.75) is 19.3 Å². The molecule has 2 N–H and O–H groups in total. The van der Waals surface area contributed by atoms with Crippen LogP contribution in [0.25, 0.3) is 16.9 Å². The van der Waals surface area contributed by atoms with E-state index in [1.54, 1.807) is 22.9 Å². The molecule has 7 nitrogen and oxygen atoms in total. The maximum Gasteiger partial charge on any atom is 0.149 e. The maximum absolute atomic E-state index is 15.3. The molecule has 0 amide bonds. The summed E-state index contributed by atoms with van der Waals surface area (Å²) in [5.74, 6) is 1.20. The highest BCUT2D eigenvalue weighted by molar-refractivity contribution is 7.85. The number of rotatable bonds is 6. The lowest BCUT2D eigenvalue weighted by Crippen LogP contribution is -2.38. The van der Waals surface area contributed by atoms with Gasteiger partial charge in [0.05, 0.1) is 22.6 Å². The van der Waals surface area contributed by atoms with Gasteiger partial charge in [-0.1, -0.05) is 6.07 Å². The van der Waals surface area contributed by atoms with Gasteiger partial charge in [-0.25, -0.2) is 13.5 Å². The van der Waals surface area contributed by atoms with Crippen molar-refractivity contribution in [2.24, 2.45) is 5.92 Å². The quantitative estimate of drug-likeness (QED) is 0.506. The van der Waals surface area contributed by atoms with E-state index in [0.717, 1.165) is 38.9 Å². The molecule has 194 valence electrons. The van der Waals surface area contributed by atoms with E-state index in [2.05, 4.69) is 10.6 Å². The Hall–Kier alpha value is -3.29. The van der Waals surface area contributed by atoms with E-state index < -0.39 is 22.4 Å². The van der Waals surface area contributed by atoms with Crippen molar-refractivity contribution >= 4 is 22.3 Å². The molecule has 2 saturated heterocycles. The van der Waals surface area contributed by atoms with Crippen LogP contribution in [0, 0.1) is 28.9 Å². The predicted octanol–water partition coefficient (Wildman–Crippen LogP) is 4.06. The summed E-state index contributed by atoms with van der Waals surface area (Å²) < 4.78 is 43.1. The van der Waals surface area contributed by atoms with Gasteiger partial charge in [-0.15, -0.1) is 5.10 Å². The fraction of sp³-hybridized carbons (Fsp3) is 0.407. The van der Waals surface area contributed by atoms with Crippen molar-refractivity contribution in [2.75, 3.05) is 54.4 Å². The highest BCUT2D eigenvalue weighted by Gasteiger charge is 2.21. The molecular weight excluding hydrogens is 494 g/mol. The van der Waals surface area contributed by atoms with Crippen molar-refractivity contribution in [3.8, 4) is 23.0 Å². The third kappa shape index (κ3) is 5.84. The molecule has 2 aromatic carbocycles. The molecule has 0 saturated carbocycles. The Labute approximate surface area is 217 Å². The topological polar surface area (TPSA) is 86.0 Å². The zero-order chi connectivity index (χ0) is 25.8. The van der Waals surface area contributed by atoms with Gasteiger partial charge in [0.2, 0.25) is 0 Å². The Morgan fingerprint density at radius 3 is 2.68 bits per heavy atom. The second-order valence-corrected chi connectivity index (χ2v) is 11.2. The SMILES string of the molecule is N#Cc1ccc(-c2cc(NCC3CCCNCC3)nn2-c2ccc(N3CCS(=O)CC3)c(F)c2)cc1F. The summed E-state index contributed by atoms with van der Waals surface area (Å²) in [4.78, 5) is 1.91. The summed E-state index contributed by atoms with van der Waals surface area (Å²) in [5, 5.41) is 20.7. The summed E-state index contributed by atoms with van der Waals surface area (Å²) in [6.45, 7) is 3.89. The van der Waals surface area contributed by atoms with Gasteiger partial charge in [-0.05, 0) is 62.5 Å². The lowest BCUT2D eigenvalue weighted by molar-refractivity contribution is 0.496. The van der Waals surface area contributed by atoms with Gasteiger partial charge >= 0.3 is 0 Å². The van der Waals surface area contributed by atoms with Crippen LogP contribution in [0.15, 0.2) is 42.5 Å². The van der Waals surface area contributed by atoms with E-state index in [4.69, 9.17) is 10.4 Å². The van der Waals surface area contributed by atoms with Crippen LogP contribution in [0.2, 0.25) is 0 Å². The monoisotopic (exact) mass is 524 g/mol. The van der Waals surface area contributed by atoms with Crippen molar-refractivity contribution in [3.63, 3.8) is 0 Å². The first kappa shape index (κ1) is 25.4. The van der Waals surface area contributed by atoms with Crippen LogP contribution < -0.4 is 15.5 Å². The molecule has 2 aliphatic rings. The fourth-order valence-corrected chi connectivity index (χ4v) is 5.99. The molecule has 1 unspecified atom stereocenters. The van der Waals surface area contributed by atoms with Crippen LogP contribution in [0.5, 0.6) is 0 Å². The van der Waals surface area contributed by atoms with Gasteiger partial charge < -0.3 is 15.5 Å². The first-order valence-corrected chi connectivity index (χ1v) is 14.1. The summed E-state index contributed by atoms with van der Waals surface area (Å²) >= 11 is 0. The highest BCUT2D eigenvalue weighted by Crippen LogP contribution is 2.30. The first-order chi connectivity index (χ1) is 18.0. The molecule has 1 aromatic heterocycles. The Morgan fingerprint density at radius 1 is 1.08 bits per heavy atom. The molecule has 2 fully saturated rings. The molecule has 3 heterocycles. The van der Waals surface area contributed by atoms with Gasteiger partial charge in [0.1, 0.15) is 23.5 Å². The predicted molar refractivity (Wildman–Crippen MR) is 142 cm³/mol. The normalized spacial score (nSPS) is 18.8. The average molecular weight is 525 g/mol. The average Bonchev–Trinajstić information content (AvgIpc) is 3.16. The lowest BCUT2D eigenvalue weighted by atomic mass is 10.0. The van der Waals surface area contributed by atoms with Gasteiger partial charge in [0.25, 0.3) is 0 Å². The second kappa shape index (κ2) is 11.4. The Kier molecular flexibility index (Phi) is 7.82. The van der Waals surface area contributed by atoms with Crippen molar-refractivity contribution in [3.05, 3.63) is 59.7 Å². The van der Waals surface area contributed by atoms with Crippen LogP contribution >= 0.6 is 0 Å². The smallest absolute Gasteiger partial charge is 0.149 e. The molecule has 37 heavy (non-hydrogen) atoms.